The fourth-order valence-corrected chi connectivity index (χ4v) is 2.90. The van der Waals surface area contributed by atoms with Crippen LogP contribution in [0.25, 0.3) is 0 Å². The van der Waals surface area contributed by atoms with Crippen LogP contribution < -0.4 is 10.6 Å². The molecule has 2 N–H and O–H groups in total. The van der Waals surface area contributed by atoms with Gasteiger partial charge < -0.3 is 10.6 Å². The second-order valence-electron chi connectivity index (χ2n) is 4.61. The monoisotopic (exact) mass is 196 g/mol. The predicted molar refractivity (Wildman–Crippen MR) is 55.9 cm³/mol. The summed E-state index contributed by atoms with van der Waals surface area (Å²) in [6.07, 6.45) is 6.43. The quantitative estimate of drug-likeness (QED) is 0.654. The van der Waals surface area contributed by atoms with E-state index in [2.05, 4.69) is 10.6 Å². The van der Waals surface area contributed by atoms with Crippen LogP contribution in [0.15, 0.2) is 0 Å². The number of fused-ring (bicyclic) bond motifs is 1. The van der Waals surface area contributed by atoms with E-state index in [4.69, 9.17) is 0 Å². The van der Waals surface area contributed by atoms with Crippen LogP contribution >= 0.6 is 0 Å². The van der Waals surface area contributed by atoms with Gasteiger partial charge in [-0.15, -0.1) is 0 Å². The second kappa shape index (κ2) is 4.30. The second-order valence-corrected chi connectivity index (χ2v) is 4.61. The molecule has 1 aliphatic carbocycles. The molecule has 14 heavy (non-hydrogen) atoms. The molecular formula is C11H20N2O. The van der Waals surface area contributed by atoms with Crippen LogP contribution in [-0.4, -0.2) is 25.5 Å². The van der Waals surface area contributed by atoms with Crippen molar-refractivity contribution in [3.8, 4) is 0 Å². The van der Waals surface area contributed by atoms with Gasteiger partial charge in [-0.2, -0.15) is 0 Å². The summed E-state index contributed by atoms with van der Waals surface area (Å²) in [5, 5.41) is 6.28. The van der Waals surface area contributed by atoms with Gasteiger partial charge in [0, 0.05) is 19.6 Å². The predicted octanol–water partition coefficient (Wildman–Crippen LogP) is 0.901. The summed E-state index contributed by atoms with van der Waals surface area (Å²) < 4.78 is 0. The number of piperidine rings is 1. The number of hydrogen-bond acceptors (Lipinski definition) is 2. The largest absolute Gasteiger partial charge is 0.359 e. The summed E-state index contributed by atoms with van der Waals surface area (Å²) in [4.78, 5) is 11.5. The van der Waals surface area contributed by atoms with Gasteiger partial charge in [0.2, 0.25) is 5.91 Å². The van der Waals surface area contributed by atoms with Crippen LogP contribution in [0.1, 0.15) is 32.1 Å². The van der Waals surface area contributed by atoms with Crippen molar-refractivity contribution >= 4 is 5.91 Å². The van der Waals surface area contributed by atoms with E-state index in [9.17, 15) is 4.79 Å². The molecule has 1 saturated carbocycles. The zero-order valence-electron chi connectivity index (χ0n) is 8.88. The Bertz CT molecular complexity index is 217. The first kappa shape index (κ1) is 9.97. The summed E-state index contributed by atoms with van der Waals surface area (Å²) in [6, 6.07) is 0.699. The van der Waals surface area contributed by atoms with Gasteiger partial charge >= 0.3 is 0 Å². The molecule has 2 aliphatic rings. The summed E-state index contributed by atoms with van der Waals surface area (Å²) in [5.74, 6) is 1.17. The highest BCUT2D eigenvalue weighted by atomic mass is 16.1. The average Bonchev–Trinajstić information content (AvgIpc) is 2.27. The molecule has 0 aromatic carbocycles. The first-order valence-electron chi connectivity index (χ1n) is 5.76. The van der Waals surface area contributed by atoms with Crippen LogP contribution in [0.2, 0.25) is 0 Å². The number of amides is 1. The first-order chi connectivity index (χ1) is 6.81. The molecule has 2 fully saturated rings. The van der Waals surface area contributed by atoms with E-state index in [1.807, 2.05) is 0 Å². The maximum Gasteiger partial charge on any atom is 0.224 e. The molecule has 0 radical (unpaired) electrons. The van der Waals surface area contributed by atoms with Crippen LogP contribution in [0.5, 0.6) is 0 Å². The smallest absolute Gasteiger partial charge is 0.224 e. The van der Waals surface area contributed by atoms with Gasteiger partial charge in [0.25, 0.3) is 0 Å². The van der Waals surface area contributed by atoms with Crippen molar-refractivity contribution in [2.45, 2.75) is 38.1 Å². The van der Waals surface area contributed by atoms with E-state index in [1.54, 1.807) is 7.05 Å². The Morgan fingerprint density at radius 1 is 1.36 bits per heavy atom. The van der Waals surface area contributed by atoms with Crippen molar-refractivity contribution in [2.24, 2.45) is 11.8 Å². The van der Waals surface area contributed by atoms with E-state index >= 15 is 0 Å². The third-order valence-electron chi connectivity index (χ3n) is 3.74. The Labute approximate surface area is 85.6 Å². The van der Waals surface area contributed by atoms with E-state index in [-0.39, 0.29) is 11.8 Å². The number of hydrogen-bond donors (Lipinski definition) is 2. The maximum atomic E-state index is 11.5. The summed E-state index contributed by atoms with van der Waals surface area (Å²) >= 11 is 0. The zero-order valence-corrected chi connectivity index (χ0v) is 8.88. The van der Waals surface area contributed by atoms with Gasteiger partial charge in [-0.3, -0.25) is 4.79 Å². The Morgan fingerprint density at radius 2 is 2.14 bits per heavy atom. The number of nitrogens with one attached hydrogen (secondary N) is 2. The Balaban J connectivity index is 1.92. The molecule has 3 atom stereocenters. The maximum absolute atomic E-state index is 11.5. The van der Waals surface area contributed by atoms with Crippen molar-refractivity contribution in [1.82, 2.24) is 10.6 Å². The van der Waals surface area contributed by atoms with E-state index in [1.165, 1.54) is 25.7 Å². The van der Waals surface area contributed by atoms with E-state index < -0.39 is 0 Å². The fourth-order valence-electron chi connectivity index (χ4n) is 2.90. The molecule has 0 aromatic rings. The number of carbonyl (C=O) groups is 1. The molecule has 0 bridgehead atoms. The number of carbonyl (C=O) groups excluding carboxylic acids is 1. The highest BCUT2D eigenvalue weighted by Crippen LogP contribution is 2.32. The number of rotatable bonds is 1. The van der Waals surface area contributed by atoms with Crippen molar-refractivity contribution in [1.29, 1.82) is 0 Å². The molecule has 1 saturated heterocycles. The van der Waals surface area contributed by atoms with E-state index in [0.29, 0.717) is 6.04 Å². The SMILES string of the molecule is CNC(=O)C1CNC2CCCCC2C1. The summed E-state index contributed by atoms with van der Waals surface area (Å²) in [7, 11) is 1.73. The molecule has 0 aromatic heterocycles. The van der Waals surface area contributed by atoms with Gasteiger partial charge in [-0.25, -0.2) is 0 Å². The Kier molecular flexibility index (Phi) is 3.06. The van der Waals surface area contributed by atoms with Crippen LogP contribution in [0, 0.1) is 11.8 Å². The summed E-state index contributed by atoms with van der Waals surface area (Å²) in [6.45, 7) is 0.876. The Morgan fingerprint density at radius 3 is 2.93 bits per heavy atom. The van der Waals surface area contributed by atoms with Gasteiger partial charge in [0.15, 0.2) is 0 Å². The third-order valence-corrected chi connectivity index (χ3v) is 3.74. The molecule has 0 spiro atoms. The lowest BCUT2D eigenvalue weighted by atomic mass is 9.76. The molecule has 3 nitrogen and oxygen atoms in total. The molecule has 1 amide bonds. The first-order valence-corrected chi connectivity index (χ1v) is 5.76. The van der Waals surface area contributed by atoms with Crippen LogP contribution in [-0.2, 0) is 4.79 Å². The lowest BCUT2D eigenvalue weighted by Crippen LogP contribution is -2.50. The highest BCUT2D eigenvalue weighted by molar-refractivity contribution is 5.78. The lowest BCUT2D eigenvalue weighted by molar-refractivity contribution is -0.125. The Hall–Kier alpha value is -0.570. The molecule has 1 heterocycles. The van der Waals surface area contributed by atoms with Gasteiger partial charge in [-0.05, 0) is 25.2 Å². The molecule has 2 rings (SSSR count). The van der Waals surface area contributed by atoms with Crippen molar-refractivity contribution in [3.63, 3.8) is 0 Å². The van der Waals surface area contributed by atoms with Crippen LogP contribution in [0.4, 0.5) is 0 Å². The van der Waals surface area contributed by atoms with Gasteiger partial charge in [-0.1, -0.05) is 12.8 Å². The minimum atomic E-state index is 0.208. The topological polar surface area (TPSA) is 41.1 Å². The van der Waals surface area contributed by atoms with Crippen molar-refractivity contribution in [3.05, 3.63) is 0 Å². The normalized spacial score (nSPS) is 37.4. The molecule has 80 valence electrons. The van der Waals surface area contributed by atoms with Crippen molar-refractivity contribution in [2.75, 3.05) is 13.6 Å². The highest BCUT2D eigenvalue weighted by Gasteiger charge is 2.34. The standard InChI is InChI=1S/C11H20N2O/c1-12-11(14)9-6-8-4-2-3-5-10(8)13-7-9/h8-10,13H,2-7H2,1H3,(H,12,14). The minimum Gasteiger partial charge on any atom is -0.359 e. The summed E-state index contributed by atoms with van der Waals surface area (Å²) in [5.41, 5.74) is 0. The van der Waals surface area contributed by atoms with Gasteiger partial charge in [0.05, 0.1) is 5.92 Å². The minimum absolute atomic E-state index is 0.208. The average molecular weight is 196 g/mol. The molecule has 1 aliphatic heterocycles. The van der Waals surface area contributed by atoms with E-state index in [0.717, 1.165) is 18.9 Å². The molecule has 3 unspecified atom stereocenters. The van der Waals surface area contributed by atoms with Gasteiger partial charge in [0.1, 0.15) is 0 Å². The fraction of sp³-hybridized carbons (Fsp3) is 0.909. The third kappa shape index (κ3) is 1.92. The zero-order chi connectivity index (χ0) is 9.97. The van der Waals surface area contributed by atoms with Crippen LogP contribution in [0.3, 0.4) is 0 Å². The molecule has 3 heteroatoms. The lowest BCUT2D eigenvalue weighted by Gasteiger charge is -2.39. The van der Waals surface area contributed by atoms with Crippen molar-refractivity contribution < 1.29 is 4.79 Å². The molecular weight excluding hydrogens is 176 g/mol.